The molecule has 0 atom stereocenters. The number of phenols is 1. The van der Waals surface area contributed by atoms with Crippen LogP contribution in [0.15, 0.2) is 28.8 Å². The molecule has 0 amide bonds. The maximum Gasteiger partial charge on any atom is 0.258 e. The third-order valence-electron chi connectivity index (χ3n) is 3.60. The number of hydrogen-bond donors (Lipinski definition) is 3. The van der Waals surface area contributed by atoms with Crippen LogP contribution in [0.5, 0.6) is 5.75 Å². The Kier molecular flexibility index (Phi) is 3.42. The topological polar surface area (TPSA) is 91.4 Å². The predicted molar refractivity (Wildman–Crippen MR) is 71.2 cm³/mol. The Morgan fingerprint density at radius 2 is 1.90 bits per heavy atom. The van der Waals surface area contributed by atoms with Gasteiger partial charge in [0.1, 0.15) is 11.4 Å². The smallest absolute Gasteiger partial charge is 0.258 e. The number of rotatable bonds is 3. The van der Waals surface area contributed by atoms with Crippen LogP contribution in [0.3, 0.4) is 0 Å². The lowest BCUT2D eigenvalue weighted by Gasteiger charge is -2.28. The van der Waals surface area contributed by atoms with Crippen LogP contribution in [-0.2, 0) is 12.0 Å². The van der Waals surface area contributed by atoms with Crippen molar-refractivity contribution >= 4 is 0 Å². The molecule has 1 aromatic carbocycles. The van der Waals surface area contributed by atoms with Gasteiger partial charge < -0.3 is 20.1 Å². The lowest BCUT2D eigenvalue weighted by atomic mass is 9.92. The first kappa shape index (κ1) is 13.1. The number of phenolic OH excluding ortho intramolecular Hbond substituents is 1. The van der Waals surface area contributed by atoms with Crippen molar-refractivity contribution in [3.63, 3.8) is 0 Å². The SMILES string of the molecule is Oc1ccc(Cc2noc(C3(O)CCNCC3)n2)cc1. The number of benzene rings is 1. The fourth-order valence-corrected chi connectivity index (χ4v) is 2.37. The van der Waals surface area contributed by atoms with Crippen LogP contribution in [0.25, 0.3) is 0 Å². The van der Waals surface area contributed by atoms with E-state index < -0.39 is 5.60 Å². The fraction of sp³-hybridized carbons (Fsp3) is 0.429. The van der Waals surface area contributed by atoms with Crippen molar-refractivity contribution in [3.8, 4) is 5.75 Å². The molecule has 0 unspecified atom stereocenters. The van der Waals surface area contributed by atoms with Crippen LogP contribution in [0.4, 0.5) is 0 Å². The molecule has 2 aromatic rings. The fourth-order valence-electron chi connectivity index (χ4n) is 2.37. The van der Waals surface area contributed by atoms with Crippen molar-refractivity contribution in [1.82, 2.24) is 15.5 Å². The molecule has 1 fully saturated rings. The number of hydrogen-bond acceptors (Lipinski definition) is 6. The number of aliphatic hydroxyl groups is 1. The summed E-state index contributed by atoms with van der Waals surface area (Å²) in [5, 5.41) is 26.8. The molecule has 106 valence electrons. The van der Waals surface area contributed by atoms with Crippen LogP contribution < -0.4 is 5.32 Å². The summed E-state index contributed by atoms with van der Waals surface area (Å²) in [6.07, 6.45) is 1.67. The zero-order valence-electron chi connectivity index (χ0n) is 11.0. The molecular weight excluding hydrogens is 258 g/mol. The van der Waals surface area contributed by atoms with E-state index in [9.17, 15) is 10.2 Å². The average Bonchev–Trinajstić information content (AvgIpc) is 2.92. The predicted octanol–water partition coefficient (Wildman–Crippen LogP) is 0.937. The molecule has 1 aliphatic rings. The van der Waals surface area contributed by atoms with E-state index in [0.717, 1.165) is 18.7 Å². The zero-order valence-corrected chi connectivity index (χ0v) is 11.0. The molecular formula is C14H17N3O3. The van der Waals surface area contributed by atoms with Crippen molar-refractivity contribution in [3.05, 3.63) is 41.5 Å². The second-order valence-corrected chi connectivity index (χ2v) is 5.14. The number of aromatic nitrogens is 2. The zero-order chi connectivity index (χ0) is 14.0. The van der Waals surface area contributed by atoms with Gasteiger partial charge in [-0.1, -0.05) is 17.3 Å². The normalized spacial score (nSPS) is 18.1. The highest BCUT2D eigenvalue weighted by atomic mass is 16.5. The molecule has 3 N–H and O–H groups in total. The van der Waals surface area contributed by atoms with E-state index in [2.05, 4.69) is 15.5 Å². The van der Waals surface area contributed by atoms with Gasteiger partial charge in [-0.25, -0.2) is 0 Å². The lowest BCUT2D eigenvalue weighted by molar-refractivity contribution is -0.0228. The van der Waals surface area contributed by atoms with Crippen LogP contribution in [0.2, 0.25) is 0 Å². The van der Waals surface area contributed by atoms with Crippen LogP contribution in [-0.4, -0.2) is 33.4 Å². The minimum absolute atomic E-state index is 0.228. The maximum atomic E-state index is 10.5. The van der Waals surface area contributed by atoms with Gasteiger partial charge in [-0.3, -0.25) is 0 Å². The highest BCUT2D eigenvalue weighted by Gasteiger charge is 2.36. The van der Waals surface area contributed by atoms with E-state index in [4.69, 9.17) is 4.52 Å². The van der Waals surface area contributed by atoms with Crippen LogP contribution >= 0.6 is 0 Å². The first-order valence-corrected chi connectivity index (χ1v) is 6.70. The third-order valence-corrected chi connectivity index (χ3v) is 3.60. The summed E-state index contributed by atoms with van der Waals surface area (Å²) in [4.78, 5) is 4.31. The highest BCUT2D eigenvalue weighted by Crippen LogP contribution is 2.29. The van der Waals surface area contributed by atoms with E-state index in [1.54, 1.807) is 12.1 Å². The van der Waals surface area contributed by atoms with Crippen molar-refractivity contribution < 1.29 is 14.7 Å². The number of nitrogens with one attached hydrogen (secondary N) is 1. The first-order chi connectivity index (χ1) is 9.66. The minimum Gasteiger partial charge on any atom is -0.508 e. The van der Waals surface area contributed by atoms with Crippen molar-refractivity contribution in [2.75, 3.05) is 13.1 Å². The molecule has 20 heavy (non-hydrogen) atoms. The van der Waals surface area contributed by atoms with Crippen molar-refractivity contribution in [2.24, 2.45) is 0 Å². The van der Waals surface area contributed by atoms with Gasteiger partial charge in [0.2, 0.25) is 0 Å². The molecule has 1 aliphatic heterocycles. The first-order valence-electron chi connectivity index (χ1n) is 6.70. The van der Waals surface area contributed by atoms with Gasteiger partial charge >= 0.3 is 0 Å². The summed E-state index contributed by atoms with van der Waals surface area (Å²) < 4.78 is 5.21. The Balaban J connectivity index is 1.74. The molecule has 6 heteroatoms. The summed E-state index contributed by atoms with van der Waals surface area (Å²) in [6.45, 7) is 1.48. The van der Waals surface area contributed by atoms with Crippen LogP contribution in [0.1, 0.15) is 30.1 Å². The van der Waals surface area contributed by atoms with Gasteiger partial charge in [0.15, 0.2) is 5.82 Å². The van der Waals surface area contributed by atoms with Crippen LogP contribution in [0, 0.1) is 0 Å². The monoisotopic (exact) mass is 275 g/mol. The van der Waals surface area contributed by atoms with E-state index in [0.29, 0.717) is 31.0 Å². The molecule has 6 nitrogen and oxygen atoms in total. The van der Waals surface area contributed by atoms with Gasteiger partial charge in [0, 0.05) is 6.42 Å². The minimum atomic E-state index is -1.01. The largest absolute Gasteiger partial charge is 0.508 e. The Bertz CT molecular complexity index is 574. The Labute approximate surface area is 116 Å². The molecule has 3 rings (SSSR count). The maximum absolute atomic E-state index is 10.5. The lowest BCUT2D eigenvalue weighted by Crippen LogP contribution is -2.39. The second kappa shape index (κ2) is 5.22. The molecule has 0 aliphatic carbocycles. The summed E-state index contributed by atoms with van der Waals surface area (Å²) in [7, 11) is 0. The quantitative estimate of drug-likeness (QED) is 0.772. The molecule has 0 spiro atoms. The molecule has 0 bridgehead atoms. The number of aromatic hydroxyl groups is 1. The van der Waals surface area contributed by atoms with E-state index >= 15 is 0 Å². The summed E-state index contributed by atoms with van der Waals surface area (Å²) >= 11 is 0. The molecule has 1 aromatic heterocycles. The second-order valence-electron chi connectivity index (χ2n) is 5.14. The van der Waals surface area contributed by atoms with E-state index in [1.165, 1.54) is 0 Å². The Hall–Kier alpha value is -1.92. The Morgan fingerprint density at radius 1 is 1.20 bits per heavy atom. The molecule has 0 radical (unpaired) electrons. The highest BCUT2D eigenvalue weighted by molar-refractivity contribution is 5.27. The van der Waals surface area contributed by atoms with Gasteiger partial charge in [-0.15, -0.1) is 0 Å². The van der Waals surface area contributed by atoms with Gasteiger partial charge in [0.25, 0.3) is 5.89 Å². The number of piperidine rings is 1. The summed E-state index contributed by atoms with van der Waals surface area (Å²) in [6, 6.07) is 6.86. The molecule has 0 saturated carbocycles. The average molecular weight is 275 g/mol. The van der Waals surface area contributed by atoms with Crippen molar-refractivity contribution in [1.29, 1.82) is 0 Å². The van der Waals surface area contributed by atoms with E-state index in [-0.39, 0.29) is 5.75 Å². The van der Waals surface area contributed by atoms with Gasteiger partial charge in [-0.2, -0.15) is 4.98 Å². The van der Waals surface area contributed by atoms with Crippen molar-refractivity contribution in [2.45, 2.75) is 24.9 Å². The number of nitrogens with zero attached hydrogens (tertiary/aromatic N) is 2. The molecule has 2 heterocycles. The summed E-state index contributed by atoms with van der Waals surface area (Å²) in [5.41, 5.74) is -0.0294. The van der Waals surface area contributed by atoms with Gasteiger partial charge in [0.05, 0.1) is 0 Å². The van der Waals surface area contributed by atoms with Gasteiger partial charge in [-0.05, 0) is 43.6 Å². The summed E-state index contributed by atoms with van der Waals surface area (Å²) in [5.74, 6) is 1.07. The molecule has 1 saturated heterocycles. The standard InChI is InChI=1S/C14H17N3O3/c18-11-3-1-10(2-4-11)9-12-16-13(20-17-12)14(19)5-7-15-8-6-14/h1-4,15,18-19H,5-9H2. The van der Waals surface area contributed by atoms with E-state index in [1.807, 2.05) is 12.1 Å². The third kappa shape index (κ3) is 2.66. The Morgan fingerprint density at radius 3 is 2.60 bits per heavy atom.